The van der Waals surface area contributed by atoms with Gasteiger partial charge in [0.1, 0.15) is 0 Å². The van der Waals surface area contributed by atoms with Gasteiger partial charge in [0.25, 0.3) is 0 Å². The van der Waals surface area contributed by atoms with Crippen LogP contribution in [0.4, 0.5) is 0 Å². The van der Waals surface area contributed by atoms with Crippen molar-refractivity contribution in [3.8, 4) is 5.75 Å². The second-order valence-corrected chi connectivity index (χ2v) is 2.92. The molecule has 0 aliphatic carbocycles. The zero-order chi connectivity index (χ0) is 7.72. The predicted molar refractivity (Wildman–Crippen MR) is 40.9 cm³/mol. The van der Waals surface area contributed by atoms with Crippen molar-refractivity contribution in [1.29, 1.82) is 0 Å². The number of halogens is 3. The van der Waals surface area contributed by atoms with Gasteiger partial charge >= 0.3 is 51.4 Å². The smallest absolute Gasteiger partial charge is 0.871 e. The first-order valence-corrected chi connectivity index (χ1v) is 3.56. The maximum Gasteiger partial charge on any atom is 1.00 e. The van der Waals surface area contributed by atoms with Gasteiger partial charge in [0.2, 0.25) is 0 Å². The van der Waals surface area contributed by atoms with Crippen LogP contribution in [0.15, 0.2) is 12.1 Å². The Morgan fingerprint density at radius 2 is 1.64 bits per heavy atom. The van der Waals surface area contributed by atoms with Crippen molar-refractivity contribution in [1.82, 2.24) is 0 Å². The Bertz CT molecular complexity index is 241. The summed E-state index contributed by atoms with van der Waals surface area (Å²) in [5.41, 5.74) is 0. The number of benzene rings is 1. The van der Waals surface area contributed by atoms with Crippen LogP contribution in [-0.2, 0) is 0 Å². The molecule has 0 spiro atoms. The first kappa shape index (κ1) is 12.5. The molecule has 1 nitrogen and oxygen atoms in total. The third-order valence-electron chi connectivity index (χ3n) is 0.960. The molecule has 0 saturated carbocycles. The van der Waals surface area contributed by atoms with Crippen LogP contribution in [0.1, 0.15) is 0 Å². The van der Waals surface area contributed by atoms with Gasteiger partial charge in [-0.2, -0.15) is 0 Å². The van der Waals surface area contributed by atoms with Gasteiger partial charge in [-0.3, -0.25) is 0 Å². The summed E-state index contributed by atoms with van der Waals surface area (Å²) < 4.78 is 0. The van der Waals surface area contributed by atoms with Gasteiger partial charge in [-0.25, -0.2) is 0 Å². The fraction of sp³-hybridized carbons (Fsp3) is 0. The van der Waals surface area contributed by atoms with Crippen molar-refractivity contribution in [2.45, 2.75) is 0 Å². The van der Waals surface area contributed by atoms with Crippen molar-refractivity contribution in [3.63, 3.8) is 0 Å². The molecule has 1 aromatic rings. The fourth-order valence-corrected chi connectivity index (χ4v) is 1.12. The largest absolute Gasteiger partial charge is 1.00 e. The summed E-state index contributed by atoms with van der Waals surface area (Å²) in [7, 11) is 0. The molecule has 0 atom stereocenters. The monoisotopic (exact) mass is 234 g/mol. The average Bonchev–Trinajstić information content (AvgIpc) is 1.82. The van der Waals surface area contributed by atoms with E-state index in [1.165, 1.54) is 12.1 Å². The van der Waals surface area contributed by atoms with Crippen molar-refractivity contribution >= 4 is 34.8 Å². The predicted octanol–water partition coefficient (Wildman–Crippen LogP) is -0.276. The molecule has 0 aromatic heterocycles. The van der Waals surface area contributed by atoms with E-state index in [9.17, 15) is 5.11 Å². The van der Waals surface area contributed by atoms with Crippen LogP contribution in [0.2, 0.25) is 15.1 Å². The van der Waals surface area contributed by atoms with E-state index in [1.54, 1.807) is 0 Å². The molecule has 0 saturated heterocycles. The minimum Gasteiger partial charge on any atom is -0.871 e. The van der Waals surface area contributed by atoms with Gasteiger partial charge in [-0.05, 0) is 12.1 Å². The maximum absolute atomic E-state index is 10.8. The summed E-state index contributed by atoms with van der Waals surface area (Å²) in [5, 5.41) is 11.3. The molecule has 1 aromatic carbocycles. The minimum absolute atomic E-state index is 0. The Hall–Kier alpha value is 1.53. The third-order valence-corrected chi connectivity index (χ3v) is 1.96. The molecule has 0 heterocycles. The van der Waals surface area contributed by atoms with E-state index < -0.39 is 0 Å². The Labute approximate surface area is 122 Å². The number of hydrogen-bond donors (Lipinski definition) is 0. The first-order valence-electron chi connectivity index (χ1n) is 2.43. The molecule has 0 bridgehead atoms. The van der Waals surface area contributed by atoms with Gasteiger partial charge in [0.05, 0.1) is 10.0 Å². The minimum atomic E-state index is -0.348. The quantitative estimate of drug-likeness (QED) is 0.448. The Morgan fingerprint density at radius 3 is 2.09 bits per heavy atom. The standard InChI is InChI=1S/C6H3Cl3O.K/c7-3-1-4(8)6(9)5(10)2-3;/h1-2,10H;/q;+1/p-1. The third kappa shape index (κ3) is 3.41. The molecule has 11 heavy (non-hydrogen) atoms. The van der Waals surface area contributed by atoms with E-state index >= 15 is 0 Å². The Kier molecular flexibility index (Phi) is 6.03. The molecule has 5 heteroatoms. The van der Waals surface area contributed by atoms with Gasteiger partial charge in [0.15, 0.2) is 0 Å². The number of hydrogen-bond acceptors (Lipinski definition) is 1. The second-order valence-electron chi connectivity index (χ2n) is 1.70. The molecule has 0 amide bonds. The SMILES string of the molecule is [K+].[O-]c1cc(Cl)cc(Cl)c1Cl. The van der Waals surface area contributed by atoms with Crippen LogP contribution in [0.25, 0.3) is 0 Å². The van der Waals surface area contributed by atoms with E-state index in [1.807, 2.05) is 0 Å². The normalized spacial score (nSPS) is 9.00. The van der Waals surface area contributed by atoms with Crippen LogP contribution in [-0.4, -0.2) is 0 Å². The molecule has 0 unspecified atom stereocenters. The zero-order valence-electron chi connectivity index (χ0n) is 5.70. The molecule has 0 aliphatic heterocycles. The van der Waals surface area contributed by atoms with Crippen LogP contribution >= 0.6 is 34.8 Å². The molecule has 0 N–H and O–H groups in total. The van der Waals surface area contributed by atoms with Gasteiger partial charge < -0.3 is 5.11 Å². The summed E-state index contributed by atoms with van der Waals surface area (Å²) in [6.45, 7) is 0. The van der Waals surface area contributed by atoms with E-state index in [2.05, 4.69) is 0 Å². The number of rotatable bonds is 0. The average molecular weight is 236 g/mol. The topological polar surface area (TPSA) is 23.1 Å². The van der Waals surface area contributed by atoms with Crippen LogP contribution in [0, 0.1) is 0 Å². The Morgan fingerprint density at radius 1 is 1.09 bits per heavy atom. The fourth-order valence-electron chi connectivity index (χ4n) is 0.532. The summed E-state index contributed by atoms with van der Waals surface area (Å²) in [4.78, 5) is 0. The van der Waals surface area contributed by atoms with E-state index in [0.717, 1.165) is 0 Å². The van der Waals surface area contributed by atoms with E-state index in [0.29, 0.717) is 5.02 Å². The van der Waals surface area contributed by atoms with Gasteiger partial charge in [0, 0.05) is 5.02 Å². The Balaban J connectivity index is 0.000001000. The first-order chi connectivity index (χ1) is 4.61. The van der Waals surface area contributed by atoms with Crippen molar-refractivity contribution < 1.29 is 56.5 Å². The van der Waals surface area contributed by atoms with Gasteiger partial charge in [-0.1, -0.05) is 40.6 Å². The molecular formula is C6H2Cl3KO. The van der Waals surface area contributed by atoms with Crippen molar-refractivity contribution in [2.75, 3.05) is 0 Å². The van der Waals surface area contributed by atoms with Crippen molar-refractivity contribution in [2.24, 2.45) is 0 Å². The summed E-state index contributed by atoms with van der Waals surface area (Å²) in [6.07, 6.45) is 0. The maximum atomic E-state index is 10.8. The van der Waals surface area contributed by atoms with E-state index in [4.69, 9.17) is 34.8 Å². The molecule has 1 rings (SSSR count). The van der Waals surface area contributed by atoms with Crippen LogP contribution in [0.5, 0.6) is 5.75 Å². The van der Waals surface area contributed by atoms with Gasteiger partial charge in [-0.15, -0.1) is 0 Å². The van der Waals surface area contributed by atoms with Crippen LogP contribution in [0.3, 0.4) is 0 Å². The molecule has 0 fully saturated rings. The summed E-state index contributed by atoms with van der Waals surface area (Å²) in [5.74, 6) is -0.348. The van der Waals surface area contributed by atoms with E-state index in [-0.39, 0.29) is 67.2 Å². The van der Waals surface area contributed by atoms with Crippen LogP contribution < -0.4 is 56.5 Å². The zero-order valence-corrected chi connectivity index (χ0v) is 11.1. The van der Waals surface area contributed by atoms with Crippen molar-refractivity contribution in [3.05, 3.63) is 27.2 Å². The second kappa shape index (κ2) is 5.30. The summed E-state index contributed by atoms with van der Waals surface area (Å²) >= 11 is 16.4. The molecule has 0 radical (unpaired) electrons. The molecular weight excluding hydrogens is 234 g/mol. The molecule has 54 valence electrons. The molecule has 0 aliphatic rings. The summed E-state index contributed by atoms with van der Waals surface area (Å²) in [6, 6.07) is 2.64.